The molecule has 0 bridgehead atoms. The van der Waals surface area contributed by atoms with Crippen molar-refractivity contribution in [3.63, 3.8) is 0 Å². The Labute approximate surface area is 142 Å². The van der Waals surface area contributed by atoms with Gasteiger partial charge in [0.25, 0.3) is 0 Å². The molecule has 2 aromatic rings. The van der Waals surface area contributed by atoms with E-state index in [2.05, 4.69) is 17.1 Å². The van der Waals surface area contributed by atoms with E-state index in [-0.39, 0.29) is 0 Å². The van der Waals surface area contributed by atoms with Gasteiger partial charge in [-0.3, -0.25) is 0 Å². The minimum absolute atomic E-state index is 0.593. The molecule has 0 spiro atoms. The molecule has 3 rings (SSSR count). The Hall–Kier alpha value is -2.75. The highest BCUT2D eigenvalue weighted by molar-refractivity contribution is 5.90. The minimum Gasteiger partial charge on any atom is -0.493 e. The minimum atomic E-state index is 0.593. The van der Waals surface area contributed by atoms with Crippen molar-refractivity contribution in [2.75, 3.05) is 20.8 Å². The predicted molar refractivity (Wildman–Crippen MR) is 95.8 cm³/mol. The Kier molecular flexibility index (Phi) is 4.85. The first-order valence-corrected chi connectivity index (χ1v) is 7.97. The van der Waals surface area contributed by atoms with Crippen molar-refractivity contribution >= 4 is 11.5 Å². The molecule has 2 aromatic carbocycles. The van der Waals surface area contributed by atoms with E-state index in [9.17, 15) is 0 Å². The second-order valence-corrected chi connectivity index (χ2v) is 5.41. The monoisotopic (exact) mass is 323 g/mol. The zero-order valence-corrected chi connectivity index (χ0v) is 14.2. The molecule has 1 heterocycles. The molecule has 4 heteroatoms. The number of aliphatic imine (C=N–C) groups is 1. The lowest BCUT2D eigenvalue weighted by Crippen LogP contribution is -2.08. The molecule has 0 aromatic heterocycles. The van der Waals surface area contributed by atoms with E-state index in [0.717, 1.165) is 22.3 Å². The molecule has 0 amide bonds. The number of fused-ring (bicyclic) bond motifs is 1. The number of rotatable bonds is 4. The Morgan fingerprint density at radius 2 is 1.71 bits per heavy atom. The Morgan fingerprint density at radius 3 is 2.38 bits per heavy atom. The Bertz CT molecular complexity index is 779. The van der Waals surface area contributed by atoms with Gasteiger partial charge in [0, 0.05) is 18.2 Å². The SMILES string of the molecule is CCOC1=NC=C(c2ccccc2)c2cc(OC)c(OC)cc2C1. The van der Waals surface area contributed by atoms with Crippen LogP contribution in [0.15, 0.2) is 53.7 Å². The third-order valence-electron chi connectivity index (χ3n) is 3.97. The number of benzene rings is 2. The zero-order valence-electron chi connectivity index (χ0n) is 14.2. The normalized spacial score (nSPS) is 13.3. The number of hydrogen-bond donors (Lipinski definition) is 0. The van der Waals surface area contributed by atoms with Crippen molar-refractivity contribution in [3.8, 4) is 11.5 Å². The maximum Gasteiger partial charge on any atom is 0.192 e. The number of nitrogens with zero attached hydrogens (tertiary/aromatic N) is 1. The number of ether oxygens (including phenoxy) is 3. The molecule has 124 valence electrons. The first-order valence-electron chi connectivity index (χ1n) is 7.97. The summed E-state index contributed by atoms with van der Waals surface area (Å²) in [6.07, 6.45) is 2.49. The molecule has 0 aliphatic carbocycles. The summed E-state index contributed by atoms with van der Waals surface area (Å²) in [5, 5.41) is 0. The van der Waals surface area contributed by atoms with Gasteiger partial charge in [0.1, 0.15) is 0 Å². The van der Waals surface area contributed by atoms with Crippen LogP contribution in [-0.2, 0) is 11.2 Å². The summed E-state index contributed by atoms with van der Waals surface area (Å²) in [5.74, 6) is 2.12. The average molecular weight is 323 g/mol. The lowest BCUT2D eigenvalue weighted by Gasteiger charge is -2.16. The molecule has 1 aliphatic heterocycles. The fourth-order valence-corrected chi connectivity index (χ4v) is 2.84. The molecule has 0 N–H and O–H groups in total. The predicted octanol–water partition coefficient (Wildman–Crippen LogP) is 4.08. The van der Waals surface area contributed by atoms with Gasteiger partial charge in [-0.05, 0) is 35.7 Å². The van der Waals surface area contributed by atoms with Crippen molar-refractivity contribution in [3.05, 3.63) is 65.4 Å². The number of methoxy groups -OCH3 is 2. The van der Waals surface area contributed by atoms with Crippen LogP contribution in [0.25, 0.3) is 5.57 Å². The van der Waals surface area contributed by atoms with Gasteiger partial charge in [0.15, 0.2) is 17.4 Å². The third-order valence-corrected chi connectivity index (χ3v) is 3.97. The fraction of sp³-hybridized carbons (Fsp3) is 0.250. The summed E-state index contributed by atoms with van der Waals surface area (Å²) in [7, 11) is 3.29. The maximum absolute atomic E-state index is 5.67. The average Bonchev–Trinajstić information content (AvgIpc) is 2.80. The van der Waals surface area contributed by atoms with Crippen molar-refractivity contribution in [2.24, 2.45) is 4.99 Å². The summed E-state index contributed by atoms with van der Waals surface area (Å²) in [4.78, 5) is 4.55. The zero-order chi connectivity index (χ0) is 16.9. The highest BCUT2D eigenvalue weighted by Gasteiger charge is 2.19. The lowest BCUT2D eigenvalue weighted by molar-refractivity contribution is 0.320. The van der Waals surface area contributed by atoms with E-state index in [1.54, 1.807) is 14.2 Å². The van der Waals surface area contributed by atoms with Crippen LogP contribution >= 0.6 is 0 Å². The van der Waals surface area contributed by atoms with Gasteiger partial charge in [-0.1, -0.05) is 30.3 Å². The van der Waals surface area contributed by atoms with Crippen LogP contribution in [0.3, 0.4) is 0 Å². The van der Waals surface area contributed by atoms with Crippen molar-refractivity contribution in [1.29, 1.82) is 0 Å². The molecule has 4 nitrogen and oxygen atoms in total. The molecule has 0 atom stereocenters. The summed E-state index contributed by atoms with van der Waals surface area (Å²) < 4.78 is 16.6. The first-order chi connectivity index (χ1) is 11.8. The molecule has 24 heavy (non-hydrogen) atoms. The van der Waals surface area contributed by atoms with Gasteiger partial charge in [-0.25, -0.2) is 4.99 Å². The highest BCUT2D eigenvalue weighted by Crippen LogP contribution is 2.37. The molecule has 0 saturated carbocycles. The molecule has 0 unspecified atom stereocenters. The molecule has 1 aliphatic rings. The molecular formula is C20H21NO3. The van der Waals surface area contributed by atoms with Gasteiger partial charge >= 0.3 is 0 Å². The molecular weight excluding hydrogens is 302 g/mol. The van der Waals surface area contributed by atoms with Crippen LogP contribution in [-0.4, -0.2) is 26.7 Å². The van der Waals surface area contributed by atoms with E-state index in [1.807, 2.05) is 43.5 Å². The Morgan fingerprint density at radius 1 is 1.00 bits per heavy atom. The van der Waals surface area contributed by atoms with Gasteiger partial charge in [0.2, 0.25) is 0 Å². The van der Waals surface area contributed by atoms with Crippen molar-refractivity contribution in [1.82, 2.24) is 0 Å². The second-order valence-electron chi connectivity index (χ2n) is 5.41. The van der Waals surface area contributed by atoms with E-state index < -0.39 is 0 Å². The van der Waals surface area contributed by atoms with Gasteiger partial charge in [0.05, 0.1) is 20.8 Å². The van der Waals surface area contributed by atoms with E-state index >= 15 is 0 Å². The summed E-state index contributed by atoms with van der Waals surface area (Å²) in [6.45, 7) is 2.56. The van der Waals surface area contributed by atoms with Crippen LogP contribution in [0.5, 0.6) is 11.5 Å². The summed E-state index contributed by atoms with van der Waals surface area (Å²) in [6, 6.07) is 14.2. The van der Waals surface area contributed by atoms with Crippen molar-refractivity contribution in [2.45, 2.75) is 13.3 Å². The van der Waals surface area contributed by atoms with Crippen LogP contribution < -0.4 is 9.47 Å². The molecule has 0 radical (unpaired) electrons. The van der Waals surface area contributed by atoms with Crippen molar-refractivity contribution < 1.29 is 14.2 Å². The fourth-order valence-electron chi connectivity index (χ4n) is 2.84. The van der Waals surface area contributed by atoms with Gasteiger partial charge in [-0.2, -0.15) is 0 Å². The van der Waals surface area contributed by atoms with E-state index in [0.29, 0.717) is 30.4 Å². The first kappa shape index (κ1) is 16.1. The largest absolute Gasteiger partial charge is 0.493 e. The smallest absolute Gasteiger partial charge is 0.192 e. The highest BCUT2D eigenvalue weighted by atomic mass is 16.5. The Balaban J connectivity index is 2.18. The van der Waals surface area contributed by atoms with Crippen LogP contribution in [0.2, 0.25) is 0 Å². The maximum atomic E-state index is 5.67. The van der Waals surface area contributed by atoms with E-state index in [4.69, 9.17) is 14.2 Å². The molecule has 0 fully saturated rings. The summed E-state index contributed by atoms with van der Waals surface area (Å²) in [5.41, 5.74) is 4.33. The number of hydrogen-bond acceptors (Lipinski definition) is 4. The van der Waals surface area contributed by atoms with Crippen LogP contribution in [0.1, 0.15) is 23.6 Å². The molecule has 0 saturated heterocycles. The third kappa shape index (κ3) is 3.13. The van der Waals surface area contributed by atoms with E-state index in [1.165, 1.54) is 0 Å². The second kappa shape index (κ2) is 7.21. The summed E-state index contributed by atoms with van der Waals surface area (Å²) >= 11 is 0. The lowest BCUT2D eigenvalue weighted by atomic mass is 9.93. The topological polar surface area (TPSA) is 40.0 Å². The van der Waals surface area contributed by atoms with Crippen LogP contribution in [0, 0.1) is 0 Å². The van der Waals surface area contributed by atoms with Crippen LogP contribution in [0.4, 0.5) is 0 Å². The standard InChI is InChI=1S/C20H21NO3/c1-4-24-20-11-15-10-18(22-2)19(23-3)12-16(15)17(13-21-20)14-8-6-5-7-9-14/h5-10,12-13H,4,11H2,1-3H3. The quantitative estimate of drug-likeness (QED) is 0.851. The van der Waals surface area contributed by atoms with Gasteiger partial charge < -0.3 is 14.2 Å². The van der Waals surface area contributed by atoms with Gasteiger partial charge in [-0.15, -0.1) is 0 Å².